The molecule has 5 nitrogen and oxygen atoms in total. The molecule has 1 aromatic rings. The van der Waals surface area contributed by atoms with E-state index >= 15 is 0 Å². The highest BCUT2D eigenvalue weighted by Gasteiger charge is 2.47. The van der Waals surface area contributed by atoms with Crippen molar-refractivity contribution in [3.8, 4) is 11.5 Å². The van der Waals surface area contributed by atoms with Crippen molar-refractivity contribution in [3.63, 3.8) is 0 Å². The second kappa shape index (κ2) is 7.01. The molecule has 1 amide bonds. The van der Waals surface area contributed by atoms with Crippen LogP contribution in [0.1, 0.15) is 37.2 Å². The summed E-state index contributed by atoms with van der Waals surface area (Å²) >= 11 is 0. The first-order chi connectivity index (χ1) is 11.6. The molecule has 0 aromatic heterocycles. The zero-order valence-corrected chi connectivity index (χ0v) is 14.8. The third kappa shape index (κ3) is 2.97. The number of methoxy groups -OCH3 is 3. The summed E-state index contributed by atoms with van der Waals surface area (Å²) < 4.78 is 16.2. The van der Waals surface area contributed by atoms with Gasteiger partial charge in [-0.3, -0.25) is 4.79 Å². The summed E-state index contributed by atoms with van der Waals surface area (Å²) in [6.07, 6.45) is 3.97. The number of hydrogen-bond donors (Lipinski definition) is 0. The Labute approximate surface area is 143 Å². The molecule has 1 aromatic carbocycles. The molecule has 1 aliphatic heterocycles. The smallest absolute Gasteiger partial charge is 0.231 e. The number of hydrogen-bond acceptors (Lipinski definition) is 4. The van der Waals surface area contributed by atoms with Crippen molar-refractivity contribution in [3.05, 3.63) is 23.8 Å². The summed E-state index contributed by atoms with van der Waals surface area (Å²) in [5.74, 6) is 2.24. The zero-order chi connectivity index (χ0) is 17.2. The first kappa shape index (κ1) is 17.1. The van der Waals surface area contributed by atoms with Crippen LogP contribution in [-0.2, 0) is 9.53 Å². The second-order valence-electron chi connectivity index (χ2n) is 6.91. The van der Waals surface area contributed by atoms with E-state index in [-0.39, 0.29) is 11.3 Å². The minimum absolute atomic E-state index is 0.264. The van der Waals surface area contributed by atoms with Crippen molar-refractivity contribution in [2.45, 2.75) is 31.6 Å². The Balaban J connectivity index is 1.75. The molecular weight excluding hydrogens is 306 g/mol. The SMILES string of the molecule is COCC1(C(=O)N2CC[C@H](c3cc(OC)ccc3OC)C2)CCC1. The lowest BCUT2D eigenvalue weighted by atomic mass is 9.68. The Morgan fingerprint density at radius 3 is 2.62 bits per heavy atom. The Morgan fingerprint density at radius 1 is 1.25 bits per heavy atom. The largest absolute Gasteiger partial charge is 0.497 e. The molecule has 0 spiro atoms. The molecule has 0 unspecified atom stereocenters. The number of rotatable bonds is 6. The van der Waals surface area contributed by atoms with Crippen LogP contribution < -0.4 is 9.47 Å². The van der Waals surface area contributed by atoms with Gasteiger partial charge in [0.1, 0.15) is 11.5 Å². The average Bonchev–Trinajstić information content (AvgIpc) is 3.06. The fourth-order valence-electron chi connectivity index (χ4n) is 3.99. The molecule has 5 heteroatoms. The van der Waals surface area contributed by atoms with Crippen LogP contribution >= 0.6 is 0 Å². The molecule has 0 N–H and O–H groups in total. The minimum atomic E-state index is -0.276. The van der Waals surface area contributed by atoms with E-state index < -0.39 is 0 Å². The zero-order valence-electron chi connectivity index (χ0n) is 14.8. The molecule has 1 aliphatic carbocycles. The van der Waals surface area contributed by atoms with Crippen LogP contribution in [0.3, 0.4) is 0 Å². The van der Waals surface area contributed by atoms with E-state index in [1.165, 1.54) is 0 Å². The Hall–Kier alpha value is -1.75. The summed E-state index contributed by atoms with van der Waals surface area (Å²) in [6.45, 7) is 2.08. The van der Waals surface area contributed by atoms with E-state index in [1.807, 2.05) is 23.1 Å². The quantitative estimate of drug-likeness (QED) is 0.803. The predicted octanol–water partition coefficient (Wildman–Crippen LogP) is 2.84. The number of carbonyl (C=O) groups is 1. The summed E-state index contributed by atoms with van der Waals surface area (Å²) in [4.78, 5) is 15.0. The van der Waals surface area contributed by atoms with Crippen LogP contribution in [0.2, 0.25) is 0 Å². The Morgan fingerprint density at radius 2 is 2.04 bits per heavy atom. The van der Waals surface area contributed by atoms with Crippen LogP contribution in [0.4, 0.5) is 0 Å². The minimum Gasteiger partial charge on any atom is -0.497 e. The van der Waals surface area contributed by atoms with Gasteiger partial charge >= 0.3 is 0 Å². The second-order valence-corrected chi connectivity index (χ2v) is 6.91. The van der Waals surface area contributed by atoms with Gasteiger partial charge in [-0.1, -0.05) is 6.42 Å². The number of ether oxygens (including phenoxy) is 3. The van der Waals surface area contributed by atoms with Gasteiger partial charge in [0.2, 0.25) is 5.91 Å². The van der Waals surface area contributed by atoms with Crippen LogP contribution in [0.25, 0.3) is 0 Å². The molecule has 1 atom stereocenters. The topological polar surface area (TPSA) is 48.0 Å². The van der Waals surface area contributed by atoms with Crippen LogP contribution in [-0.4, -0.2) is 51.8 Å². The normalized spacial score (nSPS) is 22.1. The lowest BCUT2D eigenvalue weighted by molar-refractivity contribution is -0.151. The van der Waals surface area contributed by atoms with E-state index in [0.717, 1.165) is 55.8 Å². The van der Waals surface area contributed by atoms with E-state index in [9.17, 15) is 4.79 Å². The predicted molar refractivity (Wildman–Crippen MR) is 91.6 cm³/mol. The number of likely N-dealkylation sites (tertiary alicyclic amines) is 1. The Kier molecular flexibility index (Phi) is 4.99. The van der Waals surface area contributed by atoms with Gasteiger partial charge in [0.25, 0.3) is 0 Å². The lowest BCUT2D eigenvalue weighted by Gasteiger charge is -2.42. The molecular formula is C19H27NO4. The molecule has 132 valence electrons. The summed E-state index contributed by atoms with van der Waals surface area (Å²) in [6, 6.07) is 5.88. The van der Waals surface area contributed by atoms with E-state index in [0.29, 0.717) is 12.5 Å². The maximum Gasteiger partial charge on any atom is 0.231 e. The van der Waals surface area contributed by atoms with Crippen molar-refractivity contribution in [2.24, 2.45) is 5.41 Å². The first-order valence-corrected chi connectivity index (χ1v) is 8.64. The molecule has 0 radical (unpaired) electrons. The number of amides is 1. The molecule has 3 rings (SSSR count). The number of nitrogens with zero attached hydrogens (tertiary/aromatic N) is 1. The van der Waals surface area contributed by atoms with Crippen molar-refractivity contribution < 1.29 is 19.0 Å². The van der Waals surface area contributed by atoms with Crippen molar-refractivity contribution in [2.75, 3.05) is 41.0 Å². The van der Waals surface area contributed by atoms with Crippen molar-refractivity contribution in [1.82, 2.24) is 4.90 Å². The van der Waals surface area contributed by atoms with Gasteiger partial charge in [-0.15, -0.1) is 0 Å². The van der Waals surface area contributed by atoms with E-state index in [1.54, 1.807) is 21.3 Å². The first-order valence-electron chi connectivity index (χ1n) is 8.64. The molecule has 2 fully saturated rings. The standard InChI is InChI=1S/C19H27NO4/c1-22-13-19(8-4-9-19)18(21)20-10-7-14(12-20)16-11-15(23-2)5-6-17(16)24-3/h5-6,11,14H,4,7-10,12-13H2,1-3H3/t14-/m0/s1. The number of benzene rings is 1. The highest BCUT2D eigenvalue weighted by Crippen LogP contribution is 2.44. The highest BCUT2D eigenvalue weighted by atomic mass is 16.5. The van der Waals surface area contributed by atoms with Gasteiger partial charge in [0.15, 0.2) is 0 Å². The van der Waals surface area contributed by atoms with Gasteiger partial charge in [-0.2, -0.15) is 0 Å². The summed E-state index contributed by atoms with van der Waals surface area (Å²) in [5.41, 5.74) is 0.851. The third-order valence-electron chi connectivity index (χ3n) is 5.54. The van der Waals surface area contributed by atoms with Crippen molar-refractivity contribution in [1.29, 1.82) is 0 Å². The van der Waals surface area contributed by atoms with Crippen molar-refractivity contribution >= 4 is 5.91 Å². The monoisotopic (exact) mass is 333 g/mol. The van der Waals surface area contributed by atoms with Gasteiger partial charge in [-0.25, -0.2) is 0 Å². The van der Waals surface area contributed by atoms with E-state index in [2.05, 4.69) is 0 Å². The molecule has 1 heterocycles. The molecule has 2 aliphatic rings. The fraction of sp³-hybridized carbons (Fsp3) is 0.632. The number of carbonyl (C=O) groups excluding carboxylic acids is 1. The summed E-state index contributed by atoms with van der Waals surface area (Å²) in [7, 11) is 5.04. The highest BCUT2D eigenvalue weighted by molar-refractivity contribution is 5.84. The van der Waals surface area contributed by atoms with Crippen LogP contribution in [0.5, 0.6) is 11.5 Å². The molecule has 0 bridgehead atoms. The van der Waals surface area contributed by atoms with E-state index in [4.69, 9.17) is 14.2 Å². The third-order valence-corrected chi connectivity index (χ3v) is 5.54. The van der Waals surface area contributed by atoms with Gasteiger partial charge in [0.05, 0.1) is 26.2 Å². The van der Waals surface area contributed by atoms with Crippen LogP contribution in [0.15, 0.2) is 18.2 Å². The molecule has 24 heavy (non-hydrogen) atoms. The molecule has 1 saturated heterocycles. The molecule has 1 saturated carbocycles. The maximum atomic E-state index is 13.0. The van der Waals surface area contributed by atoms with Gasteiger partial charge in [0, 0.05) is 31.7 Å². The van der Waals surface area contributed by atoms with Gasteiger partial charge < -0.3 is 19.1 Å². The maximum absolute atomic E-state index is 13.0. The Bertz CT molecular complexity index is 597. The van der Waals surface area contributed by atoms with Gasteiger partial charge in [-0.05, 0) is 37.5 Å². The summed E-state index contributed by atoms with van der Waals surface area (Å²) in [5, 5.41) is 0. The van der Waals surface area contributed by atoms with Crippen LogP contribution in [0, 0.1) is 5.41 Å². The lowest BCUT2D eigenvalue weighted by Crippen LogP contribution is -2.49. The fourth-order valence-corrected chi connectivity index (χ4v) is 3.99. The average molecular weight is 333 g/mol.